The minimum Gasteiger partial charge on any atom is -0.462 e. The van der Waals surface area contributed by atoms with E-state index in [-0.39, 0.29) is 12.5 Å². The Kier molecular flexibility index (Phi) is 3.80. The van der Waals surface area contributed by atoms with E-state index in [0.717, 1.165) is 10.8 Å². The second-order valence-electron chi connectivity index (χ2n) is 7.21. The molecular weight excluding hydrogens is 352 g/mol. The Morgan fingerprint density at radius 3 is 2.62 bits per heavy atom. The molecule has 6 nitrogen and oxygen atoms in total. The highest BCUT2D eigenvalue weighted by Crippen LogP contribution is 2.52. The topological polar surface area (TPSA) is 68.7 Å². The lowest BCUT2D eigenvalue weighted by Gasteiger charge is -2.21. The number of hydrogen-bond donors (Lipinski definition) is 0. The molecule has 4 rings (SSSR count). The number of carbonyl (C=O) groups is 2. The Morgan fingerprint density at radius 2 is 1.96 bits per heavy atom. The van der Waals surface area contributed by atoms with Crippen molar-refractivity contribution >= 4 is 34.1 Å². The van der Waals surface area contributed by atoms with Crippen LogP contribution in [0, 0.1) is 5.41 Å². The molecule has 0 aliphatic carbocycles. The Balaban J connectivity index is 1.62. The van der Waals surface area contributed by atoms with Gasteiger partial charge < -0.3 is 14.4 Å². The van der Waals surface area contributed by atoms with Gasteiger partial charge in [0.1, 0.15) is 6.10 Å². The zero-order valence-electron chi connectivity index (χ0n) is 14.9. The van der Waals surface area contributed by atoms with E-state index in [9.17, 15) is 9.59 Å². The molecule has 0 radical (unpaired) electrons. The molecule has 0 bridgehead atoms. The van der Waals surface area contributed by atoms with E-state index in [0.29, 0.717) is 12.1 Å². The summed E-state index contributed by atoms with van der Waals surface area (Å²) in [5, 5.41) is 2.69. The molecule has 26 heavy (non-hydrogen) atoms. The van der Waals surface area contributed by atoms with Crippen LogP contribution in [0.3, 0.4) is 0 Å². The molecule has 7 heteroatoms. The fraction of sp³-hybridized carbons (Fsp3) is 0.421. The SMILES string of the molecule is CC1CC2(CC(C)(c3csc(N(C)c4ccccc4)n3)OC2=O)C(=O)O1. The molecule has 0 saturated carbocycles. The Bertz CT molecular complexity index is 867. The average molecular weight is 372 g/mol. The van der Waals surface area contributed by atoms with Gasteiger partial charge in [-0.2, -0.15) is 0 Å². The Labute approximate surface area is 155 Å². The molecule has 2 aliphatic rings. The van der Waals surface area contributed by atoms with Crippen LogP contribution < -0.4 is 4.90 Å². The zero-order chi connectivity index (χ0) is 18.5. The van der Waals surface area contributed by atoms with Crippen LogP contribution in [-0.2, 0) is 24.7 Å². The smallest absolute Gasteiger partial charge is 0.324 e. The van der Waals surface area contributed by atoms with Crippen molar-refractivity contribution in [1.82, 2.24) is 4.98 Å². The highest BCUT2D eigenvalue weighted by molar-refractivity contribution is 7.13. The third-order valence-corrected chi connectivity index (χ3v) is 6.06. The van der Waals surface area contributed by atoms with E-state index in [2.05, 4.69) is 4.98 Å². The van der Waals surface area contributed by atoms with E-state index in [1.165, 1.54) is 11.3 Å². The van der Waals surface area contributed by atoms with Crippen LogP contribution in [0.25, 0.3) is 0 Å². The molecule has 136 valence electrons. The van der Waals surface area contributed by atoms with E-state index >= 15 is 0 Å². The second-order valence-corrected chi connectivity index (χ2v) is 8.05. The van der Waals surface area contributed by atoms with Crippen molar-refractivity contribution in [2.24, 2.45) is 5.41 Å². The number of ether oxygens (including phenoxy) is 2. The fourth-order valence-corrected chi connectivity index (χ4v) is 4.71. The molecule has 1 aromatic heterocycles. The van der Waals surface area contributed by atoms with Crippen LogP contribution in [0.4, 0.5) is 10.8 Å². The largest absolute Gasteiger partial charge is 0.462 e. The van der Waals surface area contributed by atoms with Gasteiger partial charge in [-0.25, -0.2) is 4.98 Å². The quantitative estimate of drug-likeness (QED) is 0.608. The van der Waals surface area contributed by atoms with E-state index in [1.54, 1.807) is 6.92 Å². The van der Waals surface area contributed by atoms with Crippen molar-refractivity contribution < 1.29 is 19.1 Å². The van der Waals surface area contributed by atoms with Gasteiger partial charge in [0.05, 0.1) is 5.69 Å². The molecule has 0 N–H and O–H groups in total. The maximum absolute atomic E-state index is 12.5. The van der Waals surface area contributed by atoms with Crippen molar-refractivity contribution in [3.63, 3.8) is 0 Å². The molecule has 2 aromatic rings. The van der Waals surface area contributed by atoms with Gasteiger partial charge >= 0.3 is 11.9 Å². The number of para-hydroxylation sites is 1. The molecule has 2 fully saturated rings. The first-order valence-electron chi connectivity index (χ1n) is 8.53. The summed E-state index contributed by atoms with van der Waals surface area (Å²) in [6.45, 7) is 3.61. The van der Waals surface area contributed by atoms with Crippen LogP contribution in [0.15, 0.2) is 35.7 Å². The van der Waals surface area contributed by atoms with E-state index in [1.807, 2.05) is 54.6 Å². The molecular formula is C19H20N2O4S. The average Bonchev–Trinajstić information content (AvgIpc) is 3.27. The summed E-state index contributed by atoms with van der Waals surface area (Å²) in [6, 6.07) is 9.91. The predicted octanol–water partition coefficient (Wildman–Crippen LogP) is 3.39. The van der Waals surface area contributed by atoms with Crippen molar-refractivity contribution in [3.05, 3.63) is 41.4 Å². The summed E-state index contributed by atoms with van der Waals surface area (Å²) < 4.78 is 10.9. The van der Waals surface area contributed by atoms with Gasteiger partial charge in [-0.3, -0.25) is 9.59 Å². The lowest BCUT2D eigenvalue weighted by molar-refractivity contribution is -0.160. The number of thiazole rings is 1. The maximum Gasteiger partial charge on any atom is 0.324 e. The highest BCUT2D eigenvalue weighted by Gasteiger charge is 2.65. The number of cyclic esters (lactones) is 2. The van der Waals surface area contributed by atoms with Crippen molar-refractivity contribution in [2.75, 3.05) is 11.9 Å². The number of nitrogens with zero attached hydrogens (tertiary/aromatic N) is 2. The Morgan fingerprint density at radius 1 is 1.23 bits per heavy atom. The minimum atomic E-state index is -1.19. The summed E-state index contributed by atoms with van der Waals surface area (Å²) in [5.41, 5.74) is -0.431. The normalized spacial score (nSPS) is 30.5. The number of carbonyl (C=O) groups excluding carboxylic acids is 2. The van der Waals surface area contributed by atoms with Gasteiger partial charge in [0.2, 0.25) is 0 Å². The number of aromatic nitrogens is 1. The van der Waals surface area contributed by atoms with Gasteiger partial charge in [-0.05, 0) is 26.0 Å². The molecule has 1 spiro atoms. The van der Waals surface area contributed by atoms with Gasteiger partial charge in [0.15, 0.2) is 16.1 Å². The van der Waals surface area contributed by atoms with E-state index < -0.39 is 23.0 Å². The number of esters is 2. The molecule has 0 amide bonds. The van der Waals surface area contributed by atoms with Crippen LogP contribution in [0.5, 0.6) is 0 Å². The second kappa shape index (κ2) is 5.81. The first-order valence-corrected chi connectivity index (χ1v) is 9.41. The molecule has 3 unspecified atom stereocenters. The van der Waals surface area contributed by atoms with Crippen LogP contribution in [0.2, 0.25) is 0 Å². The zero-order valence-corrected chi connectivity index (χ0v) is 15.7. The summed E-state index contributed by atoms with van der Waals surface area (Å²) >= 11 is 1.48. The van der Waals surface area contributed by atoms with Crippen molar-refractivity contribution in [2.45, 2.75) is 38.4 Å². The summed E-state index contributed by atoms with van der Waals surface area (Å²) in [7, 11) is 1.94. The molecule has 1 aromatic carbocycles. The first-order chi connectivity index (χ1) is 12.3. The summed E-state index contributed by atoms with van der Waals surface area (Å²) in [6.07, 6.45) is 0.356. The number of hydrogen-bond acceptors (Lipinski definition) is 7. The third kappa shape index (κ3) is 2.49. The fourth-order valence-electron chi connectivity index (χ4n) is 3.77. The number of rotatable bonds is 3. The Hall–Kier alpha value is -2.41. The minimum absolute atomic E-state index is 0.264. The molecule has 3 heterocycles. The lowest BCUT2D eigenvalue weighted by Crippen LogP contribution is -2.31. The van der Waals surface area contributed by atoms with Gasteiger partial charge in [-0.1, -0.05) is 18.2 Å². The predicted molar refractivity (Wildman–Crippen MR) is 97.3 cm³/mol. The third-order valence-electron chi connectivity index (χ3n) is 5.15. The van der Waals surface area contributed by atoms with Crippen molar-refractivity contribution in [3.8, 4) is 0 Å². The first kappa shape index (κ1) is 17.0. The summed E-state index contributed by atoms with van der Waals surface area (Å²) in [4.78, 5) is 31.5. The molecule has 2 aliphatic heterocycles. The van der Waals surface area contributed by atoms with E-state index in [4.69, 9.17) is 9.47 Å². The summed E-state index contributed by atoms with van der Waals surface area (Å²) in [5.74, 6) is -0.976. The van der Waals surface area contributed by atoms with Crippen LogP contribution >= 0.6 is 11.3 Å². The number of anilines is 2. The lowest BCUT2D eigenvalue weighted by atomic mass is 9.78. The van der Waals surface area contributed by atoms with Crippen LogP contribution in [-0.4, -0.2) is 30.1 Å². The molecule has 3 atom stereocenters. The van der Waals surface area contributed by atoms with Gasteiger partial charge in [0, 0.05) is 31.0 Å². The highest BCUT2D eigenvalue weighted by atomic mass is 32.1. The molecule has 2 saturated heterocycles. The van der Waals surface area contributed by atoms with Crippen molar-refractivity contribution in [1.29, 1.82) is 0 Å². The monoisotopic (exact) mass is 372 g/mol. The van der Waals surface area contributed by atoms with Gasteiger partial charge in [-0.15, -0.1) is 11.3 Å². The van der Waals surface area contributed by atoms with Gasteiger partial charge in [0.25, 0.3) is 0 Å². The number of benzene rings is 1. The van der Waals surface area contributed by atoms with Crippen LogP contribution in [0.1, 0.15) is 32.4 Å². The standard InChI is InChI=1S/C19H20N2O4S/c1-12-9-19(15(22)24-12)11-18(2,25-16(19)23)14-10-26-17(20-14)21(3)13-7-5-4-6-8-13/h4-8,10,12H,9,11H2,1-3H3. The maximum atomic E-state index is 12.5.